The SMILES string of the molecule is [2H]c1cc2ccc1CCc1ccc(cc1)CC2. The number of hydrogen-bond acceptors (Lipinski definition) is 0. The third kappa shape index (κ3) is 2.01. The van der Waals surface area contributed by atoms with Crippen molar-refractivity contribution in [3.05, 3.63) is 70.8 Å². The smallest absolute Gasteiger partial charge is 0.0588 e. The highest BCUT2D eigenvalue weighted by atomic mass is 14.1. The average Bonchev–Trinajstić information content (AvgIpc) is 2.34. The molecular weight excluding hydrogens is 192 g/mol. The molecule has 0 spiro atoms. The minimum Gasteiger partial charge on any atom is -0.0588 e. The van der Waals surface area contributed by atoms with E-state index in [4.69, 9.17) is 1.37 Å². The lowest BCUT2D eigenvalue weighted by molar-refractivity contribution is 0.921. The maximum absolute atomic E-state index is 8.03. The summed E-state index contributed by atoms with van der Waals surface area (Å²) in [5.74, 6) is 0. The second-order valence-electron chi connectivity index (χ2n) is 4.54. The van der Waals surface area contributed by atoms with Crippen molar-refractivity contribution in [2.24, 2.45) is 0 Å². The van der Waals surface area contributed by atoms with E-state index in [2.05, 4.69) is 36.4 Å². The van der Waals surface area contributed by atoms with E-state index in [0.717, 1.165) is 25.7 Å². The van der Waals surface area contributed by atoms with E-state index in [1.165, 1.54) is 22.3 Å². The quantitative estimate of drug-likeness (QED) is 0.622. The van der Waals surface area contributed by atoms with Crippen LogP contribution in [0.5, 0.6) is 0 Å². The Morgan fingerprint density at radius 1 is 0.562 bits per heavy atom. The summed E-state index contributed by atoms with van der Waals surface area (Å²) in [6.07, 6.45) is 4.11. The second-order valence-corrected chi connectivity index (χ2v) is 4.54. The maximum Gasteiger partial charge on any atom is 0.0626 e. The largest absolute Gasteiger partial charge is 0.0626 e. The Labute approximate surface area is 98.3 Å². The molecule has 0 nitrogen and oxygen atoms in total. The van der Waals surface area contributed by atoms with Gasteiger partial charge in [-0.3, -0.25) is 0 Å². The van der Waals surface area contributed by atoms with Gasteiger partial charge in [-0.25, -0.2) is 0 Å². The van der Waals surface area contributed by atoms with Crippen molar-refractivity contribution in [2.45, 2.75) is 25.7 Å². The molecule has 0 fully saturated rings. The van der Waals surface area contributed by atoms with Gasteiger partial charge >= 0.3 is 0 Å². The van der Waals surface area contributed by atoms with E-state index in [-0.39, 0.29) is 0 Å². The standard InChI is InChI=1S/C16H16/c1-2-14-4-3-13(1)9-10-15-5-7-16(8-6-15)12-11-14/h1-8H,9-12H2/i1D. The Bertz CT molecular complexity index is 526. The highest BCUT2D eigenvalue weighted by Gasteiger charge is 2.01. The van der Waals surface area contributed by atoms with Crippen molar-refractivity contribution in [1.82, 2.24) is 0 Å². The fourth-order valence-corrected chi connectivity index (χ4v) is 2.24. The first kappa shape index (κ1) is 8.58. The minimum absolute atomic E-state index is 0.706. The summed E-state index contributed by atoms with van der Waals surface area (Å²) in [4.78, 5) is 0. The van der Waals surface area contributed by atoms with Gasteiger partial charge in [-0.05, 0) is 47.9 Å². The summed E-state index contributed by atoms with van der Waals surface area (Å²) < 4.78 is 8.03. The first-order chi connectivity index (χ1) is 8.31. The Morgan fingerprint density at radius 3 is 1.44 bits per heavy atom. The van der Waals surface area contributed by atoms with Crippen LogP contribution in [-0.4, -0.2) is 0 Å². The van der Waals surface area contributed by atoms with Crippen LogP contribution >= 0.6 is 0 Å². The molecule has 0 unspecified atom stereocenters. The fourth-order valence-electron chi connectivity index (χ4n) is 2.24. The molecule has 0 radical (unpaired) electrons. The maximum atomic E-state index is 8.03. The molecule has 4 aliphatic carbocycles. The topological polar surface area (TPSA) is 0 Å². The summed E-state index contributed by atoms with van der Waals surface area (Å²) >= 11 is 0. The normalized spacial score (nSPS) is 15.4. The van der Waals surface area contributed by atoms with Crippen molar-refractivity contribution in [2.75, 3.05) is 0 Å². The molecule has 6 rings (SSSR count). The van der Waals surface area contributed by atoms with Gasteiger partial charge in [0.15, 0.2) is 0 Å². The third-order valence-electron chi connectivity index (χ3n) is 3.35. The molecule has 80 valence electrons. The van der Waals surface area contributed by atoms with Gasteiger partial charge in [0, 0.05) is 0 Å². The summed E-state index contributed by atoms with van der Waals surface area (Å²) in [6.45, 7) is 0. The molecule has 0 N–H and O–H groups in total. The van der Waals surface area contributed by atoms with E-state index >= 15 is 0 Å². The average molecular weight is 209 g/mol. The molecule has 0 aliphatic heterocycles. The van der Waals surface area contributed by atoms with Gasteiger partial charge in [-0.15, -0.1) is 0 Å². The molecule has 0 amide bonds. The summed E-state index contributed by atoms with van der Waals surface area (Å²) in [5.41, 5.74) is 5.21. The molecule has 0 heterocycles. The summed E-state index contributed by atoms with van der Waals surface area (Å²) in [7, 11) is 0. The second kappa shape index (κ2) is 4.13. The highest BCUT2D eigenvalue weighted by molar-refractivity contribution is 5.29. The predicted octanol–water partition coefficient (Wildman–Crippen LogP) is 3.57. The molecule has 0 saturated heterocycles. The Hall–Kier alpha value is -1.56. The van der Waals surface area contributed by atoms with Crippen LogP contribution in [0.2, 0.25) is 0 Å². The molecule has 4 bridgehead atoms. The van der Waals surface area contributed by atoms with Crippen LogP contribution in [0, 0.1) is 0 Å². The van der Waals surface area contributed by atoms with Crippen LogP contribution in [0.4, 0.5) is 0 Å². The zero-order valence-electron chi connectivity index (χ0n) is 10.4. The number of hydrogen-bond donors (Lipinski definition) is 0. The fraction of sp³-hybridized carbons (Fsp3) is 0.250. The van der Waals surface area contributed by atoms with Crippen LogP contribution in [0.3, 0.4) is 0 Å². The van der Waals surface area contributed by atoms with Crippen LogP contribution < -0.4 is 0 Å². The van der Waals surface area contributed by atoms with Crippen LogP contribution in [0.1, 0.15) is 23.6 Å². The summed E-state index contributed by atoms with van der Waals surface area (Å²) in [5, 5.41) is 0. The zero-order valence-corrected chi connectivity index (χ0v) is 9.37. The van der Waals surface area contributed by atoms with Crippen LogP contribution in [-0.2, 0) is 25.7 Å². The first-order valence-corrected chi connectivity index (χ1v) is 5.97. The van der Waals surface area contributed by atoms with Crippen molar-refractivity contribution < 1.29 is 1.37 Å². The van der Waals surface area contributed by atoms with Gasteiger partial charge < -0.3 is 0 Å². The molecule has 4 aliphatic rings. The lowest BCUT2D eigenvalue weighted by Crippen LogP contribution is -1.97. The van der Waals surface area contributed by atoms with Gasteiger partial charge in [-0.1, -0.05) is 48.5 Å². The minimum atomic E-state index is 0.706. The van der Waals surface area contributed by atoms with Gasteiger partial charge in [0.05, 0.1) is 1.37 Å². The van der Waals surface area contributed by atoms with Gasteiger partial charge in [0.25, 0.3) is 0 Å². The van der Waals surface area contributed by atoms with Crippen molar-refractivity contribution >= 4 is 0 Å². The molecule has 0 atom stereocenters. The summed E-state index contributed by atoms with van der Waals surface area (Å²) in [6, 6.07) is 16.0. The van der Waals surface area contributed by atoms with Crippen molar-refractivity contribution in [1.29, 1.82) is 0 Å². The highest BCUT2D eigenvalue weighted by Crippen LogP contribution is 2.14. The Kier molecular flexibility index (Phi) is 2.21. The number of aryl methyl sites for hydroxylation is 4. The molecular formula is C16H16. The molecule has 0 aromatic heterocycles. The first-order valence-electron chi connectivity index (χ1n) is 6.47. The monoisotopic (exact) mass is 209 g/mol. The van der Waals surface area contributed by atoms with E-state index in [1.54, 1.807) is 0 Å². The lowest BCUT2D eigenvalue weighted by Gasteiger charge is -2.09. The lowest BCUT2D eigenvalue weighted by atomic mass is 9.97. The number of benzene rings is 2. The van der Waals surface area contributed by atoms with E-state index in [0.29, 0.717) is 6.04 Å². The molecule has 2 aromatic carbocycles. The van der Waals surface area contributed by atoms with Gasteiger partial charge in [0.2, 0.25) is 0 Å². The third-order valence-corrected chi connectivity index (χ3v) is 3.35. The molecule has 0 heteroatoms. The zero-order chi connectivity index (χ0) is 11.7. The van der Waals surface area contributed by atoms with Gasteiger partial charge in [0.1, 0.15) is 0 Å². The van der Waals surface area contributed by atoms with E-state index < -0.39 is 0 Å². The Morgan fingerprint density at radius 2 is 0.938 bits per heavy atom. The van der Waals surface area contributed by atoms with Gasteiger partial charge in [-0.2, -0.15) is 0 Å². The van der Waals surface area contributed by atoms with Crippen molar-refractivity contribution in [3.8, 4) is 0 Å². The van der Waals surface area contributed by atoms with E-state index in [9.17, 15) is 0 Å². The van der Waals surface area contributed by atoms with Crippen molar-refractivity contribution in [3.63, 3.8) is 0 Å². The molecule has 2 aromatic rings. The Balaban J connectivity index is 2.00. The molecule has 16 heavy (non-hydrogen) atoms. The van der Waals surface area contributed by atoms with E-state index in [1.807, 2.05) is 6.07 Å². The molecule has 0 saturated carbocycles. The predicted molar refractivity (Wildman–Crippen MR) is 67.7 cm³/mol. The number of rotatable bonds is 0. The van der Waals surface area contributed by atoms with Crippen LogP contribution in [0.25, 0.3) is 0 Å². The van der Waals surface area contributed by atoms with Crippen LogP contribution in [0.15, 0.2) is 48.5 Å².